The number of hydrogen-bond donors (Lipinski definition) is 0. The van der Waals surface area contributed by atoms with Crippen LogP contribution in [0.25, 0.3) is 6.08 Å². The van der Waals surface area contributed by atoms with Crippen LogP contribution in [0, 0.1) is 0 Å². The van der Waals surface area contributed by atoms with Crippen LogP contribution in [0.5, 0.6) is 0 Å². The zero-order chi connectivity index (χ0) is 14.5. The van der Waals surface area contributed by atoms with Crippen LogP contribution in [0.1, 0.15) is 41.6 Å². The van der Waals surface area contributed by atoms with Crippen LogP contribution in [0.2, 0.25) is 0 Å². The maximum absolute atomic E-state index is 11.4. The van der Waals surface area contributed by atoms with Crippen molar-refractivity contribution < 1.29 is 9.53 Å². The molecule has 0 radical (unpaired) electrons. The molecule has 3 heteroatoms. The molecule has 1 atom stereocenters. The molecule has 1 aromatic carbocycles. The van der Waals surface area contributed by atoms with E-state index in [-0.39, 0.29) is 5.97 Å². The summed E-state index contributed by atoms with van der Waals surface area (Å²) >= 11 is 0. The Balaban J connectivity index is 2.18. The zero-order valence-electron chi connectivity index (χ0n) is 12.6. The quantitative estimate of drug-likeness (QED) is 0.791. The molecule has 1 aromatic rings. The maximum Gasteiger partial charge on any atom is 0.337 e. The Morgan fingerprint density at radius 2 is 1.95 bits per heavy atom. The first-order valence-corrected chi connectivity index (χ1v) is 7.17. The zero-order valence-corrected chi connectivity index (χ0v) is 12.6. The van der Waals surface area contributed by atoms with Gasteiger partial charge in [-0.15, -0.1) is 0 Å². The Bertz CT molecular complexity index is 488. The molecule has 1 saturated carbocycles. The van der Waals surface area contributed by atoms with Crippen molar-refractivity contribution in [3.05, 3.63) is 41.0 Å². The number of hydrogen-bond acceptors (Lipinski definition) is 3. The van der Waals surface area contributed by atoms with Gasteiger partial charge in [0.25, 0.3) is 0 Å². The number of nitrogens with zero attached hydrogens (tertiary/aromatic N) is 1. The molecule has 108 valence electrons. The number of esters is 1. The highest BCUT2D eigenvalue weighted by Crippen LogP contribution is 2.28. The van der Waals surface area contributed by atoms with E-state index in [2.05, 4.69) is 25.1 Å². The Morgan fingerprint density at radius 3 is 2.55 bits per heavy atom. The summed E-state index contributed by atoms with van der Waals surface area (Å²) < 4.78 is 4.71. The minimum Gasteiger partial charge on any atom is -0.465 e. The predicted molar refractivity (Wildman–Crippen MR) is 81.7 cm³/mol. The summed E-state index contributed by atoms with van der Waals surface area (Å²) in [5.41, 5.74) is 3.25. The van der Waals surface area contributed by atoms with Gasteiger partial charge in [-0.2, -0.15) is 0 Å². The van der Waals surface area contributed by atoms with Crippen molar-refractivity contribution in [2.45, 2.75) is 31.7 Å². The molecule has 0 N–H and O–H groups in total. The lowest BCUT2D eigenvalue weighted by molar-refractivity contribution is 0.0601. The van der Waals surface area contributed by atoms with E-state index in [0.717, 1.165) is 5.56 Å². The standard InChI is InChI=1S/C17H23NO2/c1-18(2)16-7-5-4-6-15(16)12-13-8-10-14(11-9-13)17(19)20-3/h8-12,16H,4-7H2,1-3H3/b15-12-. The van der Waals surface area contributed by atoms with Gasteiger partial charge in [0.2, 0.25) is 0 Å². The third-order valence-electron chi connectivity index (χ3n) is 3.93. The third kappa shape index (κ3) is 3.48. The van der Waals surface area contributed by atoms with Crippen LogP contribution in [0.3, 0.4) is 0 Å². The average molecular weight is 273 g/mol. The minimum absolute atomic E-state index is 0.284. The van der Waals surface area contributed by atoms with Gasteiger partial charge in [-0.05, 0) is 51.1 Å². The normalized spacial score (nSPS) is 21.2. The number of carbonyl (C=O) groups excluding carboxylic acids is 1. The molecule has 3 nitrogen and oxygen atoms in total. The topological polar surface area (TPSA) is 29.5 Å². The number of benzene rings is 1. The Hall–Kier alpha value is -1.61. The number of rotatable bonds is 3. The van der Waals surface area contributed by atoms with Gasteiger partial charge in [0.1, 0.15) is 0 Å². The van der Waals surface area contributed by atoms with Crippen LogP contribution in [-0.4, -0.2) is 38.1 Å². The van der Waals surface area contributed by atoms with E-state index in [0.29, 0.717) is 11.6 Å². The molecule has 1 unspecified atom stereocenters. The summed E-state index contributed by atoms with van der Waals surface area (Å²) in [6.45, 7) is 0. The number of ether oxygens (including phenoxy) is 1. The van der Waals surface area contributed by atoms with Crippen molar-refractivity contribution in [1.82, 2.24) is 4.90 Å². The van der Waals surface area contributed by atoms with E-state index in [1.54, 1.807) is 0 Å². The number of methoxy groups -OCH3 is 1. The van der Waals surface area contributed by atoms with E-state index in [9.17, 15) is 4.79 Å². The Kier molecular flexibility index (Phi) is 4.96. The molecule has 20 heavy (non-hydrogen) atoms. The van der Waals surface area contributed by atoms with Crippen molar-refractivity contribution in [2.75, 3.05) is 21.2 Å². The summed E-state index contributed by atoms with van der Waals surface area (Å²) in [7, 11) is 5.69. The second kappa shape index (κ2) is 6.71. The van der Waals surface area contributed by atoms with Gasteiger partial charge in [-0.3, -0.25) is 0 Å². The van der Waals surface area contributed by atoms with Crippen molar-refractivity contribution in [1.29, 1.82) is 0 Å². The van der Waals surface area contributed by atoms with Crippen LogP contribution in [-0.2, 0) is 4.74 Å². The molecule has 0 saturated heterocycles. The van der Waals surface area contributed by atoms with Gasteiger partial charge in [0, 0.05) is 6.04 Å². The lowest BCUT2D eigenvalue weighted by Gasteiger charge is -2.31. The van der Waals surface area contributed by atoms with Gasteiger partial charge < -0.3 is 9.64 Å². The summed E-state index contributed by atoms with van der Waals surface area (Å²) in [5.74, 6) is -0.284. The van der Waals surface area contributed by atoms with Gasteiger partial charge >= 0.3 is 5.97 Å². The summed E-state index contributed by atoms with van der Waals surface area (Å²) in [6, 6.07) is 8.17. The Morgan fingerprint density at radius 1 is 1.25 bits per heavy atom. The van der Waals surface area contributed by atoms with E-state index in [1.807, 2.05) is 24.3 Å². The highest BCUT2D eigenvalue weighted by Gasteiger charge is 2.20. The van der Waals surface area contributed by atoms with Crippen LogP contribution in [0.15, 0.2) is 29.8 Å². The second-order valence-electron chi connectivity index (χ2n) is 5.56. The Labute approximate surface area is 121 Å². The summed E-state index contributed by atoms with van der Waals surface area (Å²) in [6.07, 6.45) is 7.25. The fourth-order valence-electron chi connectivity index (χ4n) is 2.82. The second-order valence-corrected chi connectivity index (χ2v) is 5.56. The molecule has 1 fully saturated rings. The number of carbonyl (C=O) groups is 1. The molecule has 0 aromatic heterocycles. The predicted octanol–water partition coefficient (Wildman–Crippen LogP) is 3.36. The van der Waals surface area contributed by atoms with E-state index in [1.165, 1.54) is 38.4 Å². The van der Waals surface area contributed by atoms with E-state index < -0.39 is 0 Å². The van der Waals surface area contributed by atoms with Crippen LogP contribution in [0.4, 0.5) is 0 Å². The largest absolute Gasteiger partial charge is 0.465 e. The fourth-order valence-corrected chi connectivity index (χ4v) is 2.82. The maximum atomic E-state index is 11.4. The summed E-state index contributed by atoms with van der Waals surface area (Å²) in [4.78, 5) is 13.7. The molecule has 0 amide bonds. The molecular weight excluding hydrogens is 250 g/mol. The minimum atomic E-state index is -0.284. The third-order valence-corrected chi connectivity index (χ3v) is 3.93. The van der Waals surface area contributed by atoms with Gasteiger partial charge in [-0.25, -0.2) is 4.79 Å². The summed E-state index contributed by atoms with van der Waals surface area (Å²) in [5, 5.41) is 0. The first kappa shape index (κ1) is 14.8. The van der Waals surface area contributed by atoms with Crippen molar-refractivity contribution in [2.24, 2.45) is 0 Å². The van der Waals surface area contributed by atoms with Gasteiger partial charge in [0.05, 0.1) is 12.7 Å². The van der Waals surface area contributed by atoms with Crippen LogP contribution >= 0.6 is 0 Å². The smallest absolute Gasteiger partial charge is 0.337 e. The monoisotopic (exact) mass is 273 g/mol. The van der Waals surface area contributed by atoms with E-state index in [4.69, 9.17) is 4.74 Å². The fraction of sp³-hybridized carbons (Fsp3) is 0.471. The number of likely N-dealkylation sites (N-methyl/N-ethyl adjacent to an activating group) is 1. The van der Waals surface area contributed by atoms with Crippen LogP contribution < -0.4 is 0 Å². The molecule has 0 bridgehead atoms. The first-order chi connectivity index (χ1) is 9.61. The highest BCUT2D eigenvalue weighted by molar-refractivity contribution is 5.89. The van der Waals surface area contributed by atoms with Gasteiger partial charge in [0.15, 0.2) is 0 Å². The van der Waals surface area contributed by atoms with E-state index >= 15 is 0 Å². The molecule has 1 aliphatic carbocycles. The SMILES string of the molecule is COC(=O)c1ccc(/C=C2/CCCCC2N(C)C)cc1. The molecule has 0 spiro atoms. The first-order valence-electron chi connectivity index (χ1n) is 7.17. The van der Waals surface area contributed by atoms with Crippen molar-refractivity contribution in [3.63, 3.8) is 0 Å². The van der Waals surface area contributed by atoms with Crippen molar-refractivity contribution >= 4 is 12.0 Å². The highest BCUT2D eigenvalue weighted by atomic mass is 16.5. The molecule has 0 aliphatic heterocycles. The van der Waals surface area contributed by atoms with Gasteiger partial charge in [-0.1, -0.05) is 30.2 Å². The lowest BCUT2D eigenvalue weighted by atomic mass is 9.88. The molecule has 1 aliphatic rings. The lowest BCUT2D eigenvalue weighted by Crippen LogP contribution is -2.31. The molecular formula is C17H23NO2. The average Bonchev–Trinajstić information content (AvgIpc) is 2.47. The molecule has 2 rings (SSSR count). The van der Waals surface area contributed by atoms with Crippen molar-refractivity contribution in [3.8, 4) is 0 Å². The molecule has 0 heterocycles.